The maximum Gasteiger partial charge on any atom is 0.0594 e. The smallest absolute Gasteiger partial charge is 0.0594 e. The summed E-state index contributed by atoms with van der Waals surface area (Å²) in [6, 6.07) is 0. The quantitative estimate of drug-likeness (QED) is 0.648. The average Bonchev–Trinajstić information content (AvgIpc) is 2.67. The molecule has 3 aliphatic rings. The second-order valence-electron chi connectivity index (χ2n) is 11.3. The average molecular weight is 395 g/mol. The van der Waals surface area contributed by atoms with E-state index < -0.39 is 0 Å². The molecule has 3 heteroatoms. The highest BCUT2D eigenvalue weighted by molar-refractivity contribution is 4.99. The SMILES string of the molecule is CC1CC(C(C2CCC(O)CC2)C2CC(C)C(O)C(C)C2C)C(C)C(C)C1O. The van der Waals surface area contributed by atoms with Crippen molar-refractivity contribution in [3.05, 3.63) is 0 Å². The summed E-state index contributed by atoms with van der Waals surface area (Å²) >= 11 is 0. The first kappa shape index (κ1) is 22.6. The van der Waals surface area contributed by atoms with Crippen LogP contribution in [0.3, 0.4) is 0 Å². The van der Waals surface area contributed by atoms with Crippen LogP contribution in [0.2, 0.25) is 0 Å². The molecule has 3 N–H and O–H groups in total. The molecule has 28 heavy (non-hydrogen) atoms. The van der Waals surface area contributed by atoms with E-state index in [1.54, 1.807) is 0 Å². The minimum Gasteiger partial charge on any atom is -0.393 e. The van der Waals surface area contributed by atoms with Gasteiger partial charge in [0.1, 0.15) is 0 Å². The highest BCUT2D eigenvalue weighted by atomic mass is 16.3. The Morgan fingerprint density at radius 1 is 0.571 bits per heavy atom. The lowest BCUT2D eigenvalue weighted by Gasteiger charge is -2.54. The summed E-state index contributed by atoms with van der Waals surface area (Å²) in [6.45, 7) is 13.7. The topological polar surface area (TPSA) is 60.7 Å². The van der Waals surface area contributed by atoms with Crippen molar-refractivity contribution in [2.75, 3.05) is 0 Å². The molecule has 164 valence electrons. The largest absolute Gasteiger partial charge is 0.393 e. The van der Waals surface area contributed by atoms with Gasteiger partial charge in [0.2, 0.25) is 0 Å². The van der Waals surface area contributed by atoms with E-state index in [9.17, 15) is 15.3 Å². The Balaban J connectivity index is 1.91. The summed E-state index contributed by atoms with van der Waals surface area (Å²) in [7, 11) is 0. The van der Waals surface area contributed by atoms with Gasteiger partial charge in [-0.1, -0.05) is 41.5 Å². The van der Waals surface area contributed by atoms with E-state index in [4.69, 9.17) is 0 Å². The zero-order valence-corrected chi connectivity index (χ0v) is 19.1. The van der Waals surface area contributed by atoms with Crippen LogP contribution in [-0.2, 0) is 0 Å². The van der Waals surface area contributed by atoms with Crippen LogP contribution in [0.25, 0.3) is 0 Å². The van der Waals surface area contributed by atoms with Crippen molar-refractivity contribution in [2.24, 2.45) is 59.2 Å². The van der Waals surface area contributed by atoms with Crippen LogP contribution in [0.1, 0.15) is 80.1 Å². The third kappa shape index (κ3) is 4.18. The van der Waals surface area contributed by atoms with Gasteiger partial charge in [-0.25, -0.2) is 0 Å². The van der Waals surface area contributed by atoms with Crippen molar-refractivity contribution < 1.29 is 15.3 Å². The molecular weight excluding hydrogens is 348 g/mol. The minimum atomic E-state index is -0.177. The van der Waals surface area contributed by atoms with E-state index in [1.165, 1.54) is 0 Å². The third-order valence-electron chi connectivity index (χ3n) is 9.82. The van der Waals surface area contributed by atoms with E-state index >= 15 is 0 Å². The molecule has 10 unspecified atom stereocenters. The first-order valence-corrected chi connectivity index (χ1v) is 12.2. The third-order valence-corrected chi connectivity index (χ3v) is 9.82. The van der Waals surface area contributed by atoms with Gasteiger partial charge in [-0.3, -0.25) is 0 Å². The molecule has 0 heterocycles. The fourth-order valence-corrected chi connectivity index (χ4v) is 7.52. The number of aliphatic hydroxyl groups is 3. The van der Waals surface area contributed by atoms with E-state index in [0.29, 0.717) is 59.2 Å². The fraction of sp³-hybridized carbons (Fsp3) is 1.00. The summed E-state index contributed by atoms with van der Waals surface area (Å²) in [4.78, 5) is 0. The van der Waals surface area contributed by atoms with Gasteiger partial charge in [0.25, 0.3) is 0 Å². The summed E-state index contributed by atoms with van der Waals surface area (Å²) in [5, 5.41) is 31.5. The Bertz CT molecular complexity index is 466. The van der Waals surface area contributed by atoms with Crippen LogP contribution in [0.15, 0.2) is 0 Å². The van der Waals surface area contributed by atoms with Crippen LogP contribution in [0, 0.1) is 59.2 Å². The normalized spacial score (nSPS) is 54.3. The number of rotatable bonds is 3. The van der Waals surface area contributed by atoms with E-state index in [0.717, 1.165) is 38.5 Å². The second kappa shape index (κ2) is 8.94. The molecule has 3 rings (SSSR count). The maximum atomic E-state index is 10.7. The van der Waals surface area contributed by atoms with Crippen LogP contribution >= 0.6 is 0 Å². The van der Waals surface area contributed by atoms with Crippen molar-refractivity contribution in [2.45, 2.75) is 98.4 Å². The Morgan fingerprint density at radius 3 is 1.36 bits per heavy atom. The molecule has 3 nitrogen and oxygen atoms in total. The van der Waals surface area contributed by atoms with Crippen molar-refractivity contribution >= 4 is 0 Å². The molecule has 0 spiro atoms. The fourth-order valence-electron chi connectivity index (χ4n) is 7.52. The summed E-state index contributed by atoms with van der Waals surface area (Å²) in [5.41, 5.74) is 0. The van der Waals surface area contributed by atoms with Crippen LogP contribution in [0.5, 0.6) is 0 Å². The van der Waals surface area contributed by atoms with E-state index in [1.807, 2.05) is 0 Å². The first-order valence-electron chi connectivity index (χ1n) is 12.2. The molecule has 3 saturated carbocycles. The Labute approximate surface area is 173 Å². The highest BCUT2D eigenvalue weighted by Crippen LogP contribution is 2.54. The predicted octanol–water partition coefficient (Wildman–Crippen LogP) is 4.73. The Kier molecular flexibility index (Phi) is 7.20. The monoisotopic (exact) mass is 394 g/mol. The van der Waals surface area contributed by atoms with Crippen molar-refractivity contribution in [3.63, 3.8) is 0 Å². The lowest BCUT2D eigenvalue weighted by molar-refractivity contribution is -0.102. The molecule has 3 aliphatic carbocycles. The molecule has 0 radical (unpaired) electrons. The maximum absolute atomic E-state index is 10.7. The number of hydrogen-bond donors (Lipinski definition) is 3. The predicted molar refractivity (Wildman–Crippen MR) is 115 cm³/mol. The van der Waals surface area contributed by atoms with Crippen LogP contribution in [0.4, 0.5) is 0 Å². The number of hydrogen-bond acceptors (Lipinski definition) is 3. The van der Waals surface area contributed by atoms with Gasteiger partial charge >= 0.3 is 0 Å². The number of aliphatic hydroxyl groups excluding tert-OH is 3. The van der Waals surface area contributed by atoms with Crippen LogP contribution < -0.4 is 0 Å². The molecule has 3 fully saturated rings. The van der Waals surface area contributed by atoms with E-state index in [-0.39, 0.29) is 18.3 Å². The molecule has 0 aromatic rings. The molecule has 0 aromatic heterocycles. The minimum absolute atomic E-state index is 0.108. The molecule has 0 bridgehead atoms. The van der Waals surface area contributed by atoms with Crippen molar-refractivity contribution in [3.8, 4) is 0 Å². The molecule has 10 atom stereocenters. The summed E-state index contributed by atoms with van der Waals surface area (Å²) in [6.07, 6.45) is 5.99. The van der Waals surface area contributed by atoms with Gasteiger partial charge in [-0.2, -0.15) is 0 Å². The Morgan fingerprint density at radius 2 is 0.964 bits per heavy atom. The zero-order chi connectivity index (χ0) is 20.7. The lowest BCUT2D eigenvalue weighted by atomic mass is 9.52. The first-order chi connectivity index (χ1) is 13.1. The van der Waals surface area contributed by atoms with Gasteiger partial charge in [0.05, 0.1) is 18.3 Å². The zero-order valence-electron chi connectivity index (χ0n) is 19.1. The van der Waals surface area contributed by atoms with E-state index in [2.05, 4.69) is 41.5 Å². The van der Waals surface area contributed by atoms with Gasteiger partial charge in [0.15, 0.2) is 0 Å². The Hall–Kier alpha value is -0.120. The molecule has 0 saturated heterocycles. The lowest BCUT2D eigenvalue weighted by Crippen LogP contribution is -2.51. The second-order valence-corrected chi connectivity index (χ2v) is 11.3. The molecular formula is C25H46O3. The molecule has 0 aromatic carbocycles. The van der Waals surface area contributed by atoms with Crippen molar-refractivity contribution in [1.82, 2.24) is 0 Å². The standard InChI is InChI=1S/C25H46O3/c1-13-11-21(15(3)17(5)24(13)27)23(19-7-9-20(26)10-8-19)22-12-14(2)25(28)18(6)16(22)4/h13-28H,7-12H2,1-6H3. The van der Waals surface area contributed by atoms with Crippen molar-refractivity contribution in [1.29, 1.82) is 0 Å². The molecule has 0 aliphatic heterocycles. The summed E-state index contributed by atoms with van der Waals surface area (Å²) in [5.74, 6) is 5.15. The van der Waals surface area contributed by atoms with Crippen LogP contribution in [-0.4, -0.2) is 33.6 Å². The highest BCUT2D eigenvalue weighted by Gasteiger charge is 2.50. The molecule has 0 amide bonds. The van der Waals surface area contributed by atoms with Gasteiger partial charge in [0, 0.05) is 0 Å². The summed E-state index contributed by atoms with van der Waals surface area (Å²) < 4.78 is 0. The van der Waals surface area contributed by atoms with Gasteiger partial charge < -0.3 is 15.3 Å². The van der Waals surface area contributed by atoms with Gasteiger partial charge in [-0.05, 0) is 97.7 Å². The van der Waals surface area contributed by atoms with Gasteiger partial charge in [-0.15, -0.1) is 0 Å².